The van der Waals surface area contributed by atoms with Gasteiger partial charge in [0.1, 0.15) is 11.9 Å². The number of aliphatic hydroxyl groups excluding tert-OH is 1. The third-order valence-corrected chi connectivity index (χ3v) is 2.84. The molecule has 1 atom stereocenters. The maximum absolute atomic E-state index is 11.7. The van der Waals surface area contributed by atoms with Crippen LogP contribution in [0, 0.1) is 0 Å². The summed E-state index contributed by atoms with van der Waals surface area (Å²) in [6, 6.07) is 3.38. The molecule has 17 heavy (non-hydrogen) atoms. The van der Waals surface area contributed by atoms with E-state index in [1.807, 2.05) is 13.8 Å². The highest BCUT2D eigenvalue weighted by atomic mass is 16.4. The Labute approximate surface area is 101 Å². The molecule has 0 bridgehead atoms. The van der Waals surface area contributed by atoms with Gasteiger partial charge in [-0.2, -0.15) is 0 Å². The van der Waals surface area contributed by atoms with Gasteiger partial charge in [0.05, 0.1) is 12.8 Å². The van der Waals surface area contributed by atoms with Crippen LogP contribution in [0.3, 0.4) is 0 Å². The lowest BCUT2D eigenvalue weighted by Crippen LogP contribution is -2.29. The fourth-order valence-electron chi connectivity index (χ4n) is 1.36. The highest BCUT2D eigenvalue weighted by Crippen LogP contribution is 2.12. The molecule has 0 aliphatic carbocycles. The number of aliphatic hydroxyl groups is 1. The maximum atomic E-state index is 11.7. The van der Waals surface area contributed by atoms with Crippen LogP contribution in [-0.4, -0.2) is 17.6 Å². The molecule has 4 heteroatoms. The van der Waals surface area contributed by atoms with Crippen LogP contribution in [0.25, 0.3) is 0 Å². The first-order chi connectivity index (χ1) is 8.06. The Hall–Kier alpha value is -1.55. The normalized spacial score (nSPS) is 14.1. The van der Waals surface area contributed by atoms with Gasteiger partial charge in [-0.05, 0) is 32.4 Å². The number of allylic oxidation sites excluding steroid dienone is 1. The first-order valence-corrected chi connectivity index (χ1v) is 5.72. The highest BCUT2D eigenvalue weighted by Gasteiger charge is 2.13. The van der Waals surface area contributed by atoms with Crippen molar-refractivity contribution in [2.75, 3.05) is 6.54 Å². The van der Waals surface area contributed by atoms with Crippen molar-refractivity contribution in [2.45, 2.75) is 33.3 Å². The molecular formula is C13H19NO3. The van der Waals surface area contributed by atoms with Crippen LogP contribution >= 0.6 is 0 Å². The van der Waals surface area contributed by atoms with Gasteiger partial charge in [-0.25, -0.2) is 0 Å². The maximum Gasteiger partial charge on any atom is 0.246 e. The fourth-order valence-corrected chi connectivity index (χ4v) is 1.36. The molecule has 94 valence electrons. The molecule has 0 radical (unpaired) electrons. The average molecular weight is 237 g/mol. The summed E-state index contributed by atoms with van der Waals surface area (Å²) in [4.78, 5) is 11.7. The molecule has 2 N–H and O–H groups in total. The van der Waals surface area contributed by atoms with Gasteiger partial charge in [-0.1, -0.05) is 12.5 Å². The van der Waals surface area contributed by atoms with E-state index in [0.717, 1.165) is 12.0 Å². The summed E-state index contributed by atoms with van der Waals surface area (Å²) in [5.41, 5.74) is 1.76. The van der Waals surface area contributed by atoms with Crippen LogP contribution < -0.4 is 5.32 Å². The second kappa shape index (κ2) is 6.25. The molecule has 1 amide bonds. The smallest absolute Gasteiger partial charge is 0.246 e. The third-order valence-electron chi connectivity index (χ3n) is 2.84. The van der Waals surface area contributed by atoms with Crippen molar-refractivity contribution in [1.82, 2.24) is 5.32 Å². The molecule has 1 unspecified atom stereocenters. The molecule has 0 aliphatic rings. The third kappa shape index (κ3) is 3.75. The van der Waals surface area contributed by atoms with Gasteiger partial charge >= 0.3 is 0 Å². The topological polar surface area (TPSA) is 62.5 Å². The van der Waals surface area contributed by atoms with Gasteiger partial charge in [0.25, 0.3) is 0 Å². The summed E-state index contributed by atoms with van der Waals surface area (Å²) in [7, 11) is 0. The Morgan fingerprint density at radius 1 is 1.53 bits per heavy atom. The second-order valence-corrected chi connectivity index (χ2v) is 4.00. The Morgan fingerprint density at radius 2 is 2.24 bits per heavy atom. The molecule has 1 heterocycles. The molecule has 0 aromatic carbocycles. The van der Waals surface area contributed by atoms with Crippen LogP contribution in [-0.2, 0) is 4.79 Å². The molecule has 4 nitrogen and oxygen atoms in total. The standard InChI is InChI=1S/C13H19NO3/c1-4-9(2)10(3)13(16)14-8-11(15)12-6-5-7-17-12/h5-7,11,15H,4,8H2,1-3H3,(H,14,16)/b10-9-. The molecule has 1 aromatic heterocycles. The Bertz CT molecular complexity index is 393. The number of carbonyl (C=O) groups is 1. The van der Waals surface area contributed by atoms with Crippen molar-refractivity contribution in [2.24, 2.45) is 0 Å². The number of hydrogen-bond donors (Lipinski definition) is 2. The van der Waals surface area contributed by atoms with E-state index in [0.29, 0.717) is 11.3 Å². The molecule has 1 rings (SSSR count). The molecule has 0 fully saturated rings. The SMILES string of the molecule is CC/C(C)=C(/C)C(=O)NCC(O)c1ccco1. The van der Waals surface area contributed by atoms with Crippen molar-refractivity contribution in [3.8, 4) is 0 Å². The minimum Gasteiger partial charge on any atom is -0.467 e. The monoisotopic (exact) mass is 237 g/mol. The van der Waals surface area contributed by atoms with E-state index in [2.05, 4.69) is 5.32 Å². The number of furan rings is 1. The van der Waals surface area contributed by atoms with Gasteiger partial charge < -0.3 is 14.8 Å². The van der Waals surface area contributed by atoms with E-state index in [9.17, 15) is 9.90 Å². The number of nitrogens with one attached hydrogen (secondary N) is 1. The average Bonchev–Trinajstić information content (AvgIpc) is 2.87. The Balaban J connectivity index is 2.49. The minimum absolute atomic E-state index is 0.144. The van der Waals surface area contributed by atoms with Crippen molar-refractivity contribution < 1.29 is 14.3 Å². The first-order valence-electron chi connectivity index (χ1n) is 5.72. The van der Waals surface area contributed by atoms with E-state index in [4.69, 9.17) is 4.42 Å². The van der Waals surface area contributed by atoms with Crippen LogP contribution in [0.1, 0.15) is 39.1 Å². The second-order valence-electron chi connectivity index (χ2n) is 4.00. The van der Waals surface area contributed by atoms with Crippen LogP contribution in [0.5, 0.6) is 0 Å². The summed E-state index contributed by atoms with van der Waals surface area (Å²) in [5.74, 6) is 0.314. The molecular weight excluding hydrogens is 218 g/mol. The van der Waals surface area contributed by atoms with Crippen molar-refractivity contribution >= 4 is 5.91 Å². The lowest BCUT2D eigenvalue weighted by Gasteiger charge is -2.11. The Kier molecular flexibility index (Phi) is 4.97. The van der Waals surface area contributed by atoms with Crippen LogP contribution in [0.2, 0.25) is 0 Å². The number of amides is 1. The lowest BCUT2D eigenvalue weighted by molar-refractivity contribution is -0.118. The van der Waals surface area contributed by atoms with Gasteiger partial charge in [-0.15, -0.1) is 0 Å². The summed E-state index contributed by atoms with van der Waals surface area (Å²) >= 11 is 0. The van der Waals surface area contributed by atoms with Crippen LogP contribution in [0.4, 0.5) is 0 Å². The molecule has 0 spiro atoms. The van der Waals surface area contributed by atoms with Gasteiger partial charge in [0, 0.05) is 5.57 Å². The predicted octanol–water partition coefficient (Wildman–Crippen LogP) is 2.18. The zero-order chi connectivity index (χ0) is 12.8. The van der Waals surface area contributed by atoms with E-state index < -0.39 is 6.10 Å². The molecule has 0 saturated heterocycles. The predicted molar refractivity (Wildman–Crippen MR) is 65.3 cm³/mol. The van der Waals surface area contributed by atoms with Gasteiger partial charge in [-0.3, -0.25) is 4.79 Å². The number of hydrogen-bond acceptors (Lipinski definition) is 3. The van der Waals surface area contributed by atoms with Crippen molar-refractivity contribution in [3.63, 3.8) is 0 Å². The highest BCUT2D eigenvalue weighted by molar-refractivity contribution is 5.93. The zero-order valence-electron chi connectivity index (χ0n) is 10.5. The zero-order valence-corrected chi connectivity index (χ0v) is 10.5. The number of carbonyl (C=O) groups excluding carboxylic acids is 1. The number of rotatable bonds is 5. The molecule has 0 saturated carbocycles. The summed E-state index contributed by atoms with van der Waals surface area (Å²) in [6.45, 7) is 5.87. The summed E-state index contributed by atoms with van der Waals surface area (Å²) < 4.78 is 5.04. The van der Waals surface area contributed by atoms with Gasteiger partial charge in [0.15, 0.2) is 0 Å². The van der Waals surface area contributed by atoms with E-state index in [1.54, 1.807) is 19.1 Å². The van der Waals surface area contributed by atoms with E-state index in [1.165, 1.54) is 6.26 Å². The largest absolute Gasteiger partial charge is 0.467 e. The lowest BCUT2D eigenvalue weighted by atomic mass is 10.1. The molecule has 1 aromatic rings. The van der Waals surface area contributed by atoms with Crippen molar-refractivity contribution in [3.05, 3.63) is 35.3 Å². The van der Waals surface area contributed by atoms with E-state index in [-0.39, 0.29) is 12.5 Å². The minimum atomic E-state index is -0.802. The molecule has 0 aliphatic heterocycles. The summed E-state index contributed by atoms with van der Waals surface area (Å²) in [6.07, 6.45) is 1.54. The summed E-state index contributed by atoms with van der Waals surface area (Å²) in [5, 5.41) is 12.4. The quantitative estimate of drug-likeness (QED) is 0.771. The Morgan fingerprint density at radius 3 is 2.76 bits per heavy atom. The van der Waals surface area contributed by atoms with Crippen LogP contribution in [0.15, 0.2) is 34.0 Å². The van der Waals surface area contributed by atoms with Crippen molar-refractivity contribution in [1.29, 1.82) is 0 Å². The van der Waals surface area contributed by atoms with Gasteiger partial charge in [0.2, 0.25) is 5.91 Å². The first kappa shape index (κ1) is 13.5. The van der Waals surface area contributed by atoms with E-state index >= 15 is 0 Å². The fraction of sp³-hybridized carbons (Fsp3) is 0.462.